The van der Waals surface area contributed by atoms with Crippen LogP contribution in [0.1, 0.15) is 51.4 Å². The molecular formula is C13H19NO3. The number of nitriles is 1. The van der Waals surface area contributed by atoms with E-state index in [9.17, 15) is 9.59 Å². The first kappa shape index (κ1) is 13.7. The topological polar surface area (TPSA) is 67.2 Å². The molecule has 17 heavy (non-hydrogen) atoms. The van der Waals surface area contributed by atoms with Crippen molar-refractivity contribution in [1.82, 2.24) is 0 Å². The van der Waals surface area contributed by atoms with Crippen LogP contribution in [0.4, 0.5) is 0 Å². The van der Waals surface area contributed by atoms with Gasteiger partial charge in [-0.25, -0.2) is 0 Å². The van der Waals surface area contributed by atoms with Crippen LogP contribution in [0.5, 0.6) is 0 Å². The first-order valence-corrected chi connectivity index (χ1v) is 6.32. The first-order chi connectivity index (χ1) is 8.25. The zero-order valence-electron chi connectivity index (χ0n) is 10.1. The number of Topliss-reactive ketones (excluding diaryl/α,β-unsaturated/α-hetero) is 1. The zero-order chi connectivity index (χ0) is 12.5. The van der Waals surface area contributed by atoms with E-state index >= 15 is 0 Å². The van der Waals surface area contributed by atoms with Gasteiger partial charge in [-0.05, 0) is 12.8 Å². The van der Waals surface area contributed by atoms with Crippen LogP contribution in [0.15, 0.2) is 0 Å². The summed E-state index contributed by atoms with van der Waals surface area (Å²) < 4.78 is 4.77. The monoisotopic (exact) mass is 237 g/mol. The molecule has 0 N–H and O–H groups in total. The van der Waals surface area contributed by atoms with Crippen LogP contribution in [0.25, 0.3) is 0 Å². The lowest BCUT2D eigenvalue weighted by Gasteiger charge is -2.04. The summed E-state index contributed by atoms with van der Waals surface area (Å²) >= 11 is 0. The lowest BCUT2D eigenvalue weighted by Crippen LogP contribution is -2.18. The molecule has 1 atom stereocenters. The van der Waals surface area contributed by atoms with Gasteiger partial charge in [-0.1, -0.05) is 19.3 Å². The van der Waals surface area contributed by atoms with Gasteiger partial charge in [0.25, 0.3) is 0 Å². The van der Waals surface area contributed by atoms with Crippen molar-refractivity contribution < 1.29 is 14.3 Å². The molecule has 1 fully saturated rings. The van der Waals surface area contributed by atoms with Gasteiger partial charge in [0.1, 0.15) is 11.7 Å². The van der Waals surface area contributed by atoms with Crippen molar-refractivity contribution in [2.45, 2.75) is 51.4 Å². The van der Waals surface area contributed by atoms with Crippen LogP contribution in [0.2, 0.25) is 0 Å². The Morgan fingerprint density at radius 1 is 1.29 bits per heavy atom. The van der Waals surface area contributed by atoms with Crippen molar-refractivity contribution in [1.29, 1.82) is 5.26 Å². The number of ketones is 1. The van der Waals surface area contributed by atoms with E-state index < -0.39 is 5.92 Å². The molecule has 0 spiro atoms. The molecule has 94 valence electrons. The van der Waals surface area contributed by atoms with Gasteiger partial charge in [0.15, 0.2) is 0 Å². The number of ether oxygens (including phenoxy) is 1. The highest BCUT2D eigenvalue weighted by Gasteiger charge is 2.32. The van der Waals surface area contributed by atoms with Crippen molar-refractivity contribution in [2.75, 3.05) is 6.61 Å². The highest BCUT2D eigenvalue weighted by molar-refractivity contribution is 5.99. The summed E-state index contributed by atoms with van der Waals surface area (Å²) in [6.45, 7) is 0.392. The van der Waals surface area contributed by atoms with Gasteiger partial charge in [-0.2, -0.15) is 5.26 Å². The van der Waals surface area contributed by atoms with Gasteiger partial charge in [0, 0.05) is 19.3 Å². The summed E-state index contributed by atoms with van der Waals surface area (Å²) in [6, 6.07) is 2.11. The van der Waals surface area contributed by atoms with Crippen molar-refractivity contribution in [3.63, 3.8) is 0 Å². The molecule has 1 rings (SSSR count). The van der Waals surface area contributed by atoms with Crippen LogP contribution in [0.3, 0.4) is 0 Å². The van der Waals surface area contributed by atoms with E-state index in [0.29, 0.717) is 25.9 Å². The third kappa shape index (κ3) is 4.99. The van der Waals surface area contributed by atoms with Crippen molar-refractivity contribution in [3.8, 4) is 6.07 Å². The Kier molecular flexibility index (Phi) is 6.31. The molecular weight excluding hydrogens is 218 g/mol. The molecule has 1 saturated heterocycles. The molecule has 0 bridgehead atoms. The Balaban J connectivity index is 2.01. The Morgan fingerprint density at radius 2 is 2.00 bits per heavy atom. The van der Waals surface area contributed by atoms with Gasteiger partial charge in [0.2, 0.25) is 0 Å². The quantitative estimate of drug-likeness (QED) is 0.369. The molecule has 1 aliphatic heterocycles. The van der Waals surface area contributed by atoms with Crippen LogP contribution in [-0.2, 0) is 14.3 Å². The van der Waals surface area contributed by atoms with E-state index in [1.807, 2.05) is 0 Å². The molecule has 1 unspecified atom stereocenters. The maximum Gasteiger partial charge on any atom is 0.316 e. The molecule has 0 saturated carbocycles. The van der Waals surface area contributed by atoms with Crippen LogP contribution >= 0.6 is 0 Å². The number of rotatable bonds is 8. The Hall–Kier alpha value is -1.37. The number of unbranched alkanes of at least 4 members (excludes halogenated alkanes) is 5. The van der Waals surface area contributed by atoms with E-state index in [2.05, 4.69) is 6.07 Å². The van der Waals surface area contributed by atoms with Crippen LogP contribution in [0, 0.1) is 17.2 Å². The largest absolute Gasteiger partial charge is 0.465 e. The predicted octanol–water partition coefficient (Wildman–Crippen LogP) is 2.37. The van der Waals surface area contributed by atoms with E-state index in [4.69, 9.17) is 10.00 Å². The van der Waals surface area contributed by atoms with E-state index in [1.54, 1.807) is 0 Å². The summed E-state index contributed by atoms with van der Waals surface area (Å²) in [7, 11) is 0. The van der Waals surface area contributed by atoms with Crippen molar-refractivity contribution in [3.05, 3.63) is 0 Å². The number of cyclic esters (lactones) is 1. The molecule has 1 aliphatic rings. The highest BCUT2D eigenvalue weighted by atomic mass is 16.5. The summed E-state index contributed by atoms with van der Waals surface area (Å²) in [4.78, 5) is 22.8. The maximum atomic E-state index is 11.6. The predicted molar refractivity (Wildman–Crippen MR) is 62.0 cm³/mol. The molecule has 4 nitrogen and oxygen atoms in total. The molecule has 0 radical (unpaired) electrons. The minimum atomic E-state index is -0.492. The van der Waals surface area contributed by atoms with Crippen molar-refractivity contribution in [2.24, 2.45) is 5.92 Å². The minimum Gasteiger partial charge on any atom is -0.465 e. The SMILES string of the molecule is N#CCCCCCCCC(=O)C1CCOC1=O. The average Bonchev–Trinajstić information content (AvgIpc) is 2.74. The second-order valence-electron chi connectivity index (χ2n) is 4.40. The van der Waals surface area contributed by atoms with Crippen LogP contribution < -0.4 is 0 Å². The molecule has 0 aromatic heterocycles. The average molecular weight is 237 g/mol. The number of carbonyl (C=O) groups is 2. The maximum absolute atomic E-state index is 11.6. The standard InChI is InChI=1S/C13H19NO3/c14-9-6-4-2-1-3-5-7-12(15)11-8-10-17-13(11)16/h11H,1-8,10H2. The number of carbonyl (C=O) groups excluding carboxylic acids is 2. The molecule has 0 aromatic rings. The molecule has 4 heteroatoms. The summed E-state index contributed by atoms with van der Waals surface area (Å²) in [5, 5.41) is 8.35. The Bertz CT molecular complexity index is 306. The van der Waals surface area contributed by atoms with Gasteiger partial charge in [0.05, 0.1) is 12.7 Å². The van der Waals surface area contributed by atoms with E-state index in [1.165, 1.54) is 0 Å². The van der Waals surface area contributed by atoms with Crippen LogP contribution in [-0.4, -0.2) is 18.4 Å². The fourth-order valence-electron chi connectivity index (χ4n) is 2.00. The lowest BCUT2D eigenvalue weighted by atomic mass is 9.97. The second-order valence-corrected chi connectivity index (χ2v) is 4.40. The number of hydrogen-bond acceptors (Lipinski definition) is 4. The third-order valence-electron chi connectivity index (χ3n) is 3.04. The summed E-state index contributed by atoms with van der Waals surface area (Å²) in [6.07, 6.45) is 6.55. The molecule has 0 aliphatic carbocycles. The second kappa shape index (κ2) is 7.83. The Morgan fingerprint density at radius 3 is 2.65 bits per heavy atom. The fourth-order valence-corrected chi connectivity index (χ4v) is 2.00. The summed E-state index contributed by atoms with van der Waals surface area (Å²) in [5.74, 6) is -0.804. The zero-order valence-corrected chi connectivity index (χ0v) is 10.1. The number of esters is 1. The smallest absolute Gasteiger partial charge is 0.316 e. The van der Waals surface area contributed by atoms with Gasteiger partial charge in [-0.3, -0.25) is 9.59 Å². The number of nitrogens with zero attached hydrogens (tertiary/aromatic N) is 1. The van der Waals surface area contributed by atoms with Gasteiger partial charge in [-0.15, -0.1) is 0 Å². The lowest BCUT2D eigenvalue weighted by molar-refractivity contribution is -0.144. The van der Waals surface area contributed by atoms with E-state index in [0.717, 1.165) is 32.1 Å². The highest BCUT2D eigenvalue weighted by Crippen LogP contribution is 2.18. The fraction of sp³-hybridized carbons (Fsp3) is 0.769. The van der Waals surface area contributed by atoms with Crippen molar-refractivity contribution >= 4 is 11.8 Å². The normalized spacial score (nSPS) is 18.8. The molecule has 0 amide bonds. The van der Waals surface area contributed by atoms with Gasteiger partial charge < -0.3 is 4.74 Å². The third-order valence-corrected chi connectivity index (χ3v) is 3.04. The minimum absolute atomic E-state index is 0.0320. The van der Waals surface area contributed by atoms with E-state index in [-0.39, 0.29) is 11.8 Å². The Labute approximate surface area is 102 Å². The first-order valence-electron chi connectivity index (χ1n) is 6.32. The molecule has 0 aromatic carbocycles. The summed E-state index contributed by atoms with van der Waals surface area (Å²) in [5.41, 5.74) is 0. The van der Waals surface area contributed by atoms with Gasteiger partial charge >= 0.3 is 5.97 Å². The number of hydrogen-bond donors (Lipinski definition) is 0. The molecule has 1 heterocycles.